The summed E-state index contributed by atoms with van der Waals surface area (Å²) >= 11 is 0. The first-order valence-electron chi connectivity index (χ1n) is 7.13. The fourth-order valence-electron chi connectivity index (χ4n) is 3.01. The maximum atomic E-state index is 12.2. The second-order valence-electron chi connectivity index (χ2n) is 5.78. The van der Waals surface area contributed by atoms with E-state index in [1.54, 1.807) is 4.90 Å². The minimum atomic E-state index is -0.0547. The van der Waals surface area contributed by atoms with Crippen LogP contribution in [-0.2, 0) is 23.1 Å². The summed E-state index contributed by atoms with van der Waals surface area (Å²) in [5.41, 5.74) is 2.25. The van der Waals surface area contributed by atoms with Crippen LogP contribution in [0.1, 0.15) is 37.1 Å². The van der Waals surface area contributed by atoms with E-state index < -0.39 is 0 Å². The summed E-state index contributed by atoms with van der Waals surface area (Å²) in [5, 5.41) is 7.56. The number of hydrogen-bond acceptors (Lipinski definition) is 3. The normalized spacial score (nSPS) is 22.1. The number of hydrogen-bond donors (Lipinski definition) is 1. The Morgan fingerprint density at radius 3 is 2.85 bits per heavy atom. The van der Waals surface area contributed by atoms with Gasteiger partial charge in [-0.2, -0.15) is 5.10 Å². The van der Waals surface area contributed by atoms with Crippen molar-refractivity contribution in [3.05, 3.63) is 17.5 Å². The van der Waals surface area contributed by atoms with Crippen molar-refractivity contribution in [1.82, 2.24) is 20.0 Å². The Morgan fingerprint density at radius 2 is 2.15 bits per heavy atom. The van der Waals surface area contributed by atoms with Crippen molar-refractivity contribution in [2.75, 3.05) is 13.1 Å². The molecule has 1 aliphatic heterocycles. The molecule has 2 amide bonds. The molecule has 1 fully saturated rings. The van der Waals surface area contributed by atoms with Crippen LogP contribution in [0.3, 0.4) is 0 Å². The lowest BCUT2D eigenvalue weighted by molar-refractivity contribution is -0.141. The SMILES string of the molecule is CC(=O)N1CC(C(=O)N[C@H]2CCCc3nn(C)cc32)C1. The second-order valence-corrected chi connectivity index (χ2v) is 5.78. The highest BCUT2D eigenvalue weighted by molar-refractivity contribution is 5.84. The van der Waals surface area contributed by atoms with Gasteiger partial charge in [0.15, 0.2) is 0 Å². The lowest BCUT2D eigenvalue weighted by Gasteiger charge is -2.38. The average Bonchev–Trinajstić information content (AvgIpc) is 2.68. The summed E-state index contributed by atoms with van der Waals surface area (Å²) in [6, 6.07) is 0.0753. The summed E-state index contributed by atoms with van der Waals surface area (Å²) in [6.45, 7) is 2.64. The number of carbonyl (C=O) groups is 2. The smallest absolute Gasteiger partial charge is 0.227 e. The third-order valence-corrected chi connectivity index (χ3v) is 4.23. The van der Waals surface area contributed by atoms with Crippen molar-refractivity contribution in [3.8, 4) is 0 Å². The Kier molecular flexibility index (Phi) is 3.23. The van der Waals surface area contributed by atoms with Crippen LogP contribution in [0.25, 0.3) is 0 Å². The Labute approximate surface area is 118 Å². The van der Waals surface area contributed by atoms with Crippen molar-refractivity contribution in [3.63, 3.8) is 0 Å². The molecule has 2 aliphatic rings. The molecule has 1 aliphatic carbocycles. The van der Waals surface area contributed by atoms with Crippen molar-refractivity contribution >= 4 is 11.8 Å². The van der Waals surface area contributed by atoms with Gasteiger partial charge in [0.05, 0.1) is 17.7 Å². The van der Waals surface area contributed by atoms with E-state index in [1.165, 1.54) is 6.92 Å². The van der Waals surface area contributed by atoms with E-state index in [1.807, 2.05) is 17.9 Å². The Bertz CT molecular complexity index is 545. The topological polar surface area (TPSA) is 67.2 Å². The van der Waals surface area contributed by atoms with Gasteiger partial charge in [-0.05, 0) is 19.3 Å². The number of nitrogens with zero attached hydrogens (tertiary/aromatic N) is 3. The number of carbonyl (C=O) groups excluding carboxylic acids is 2. The first-order chi connectivity index (χ1) is 9.54. The van der Waals surface area contributed by atoms with E-state index in [0.29, 0.717) is 13.1 Å². The molecule has 0 unspecified atom stereocenters. The van der Waals surface area contributed by atoms with Gasteiger partial charge in [-0.25, -0.2) is 0 Å². The molecule has 0 spiro atoms. The van der Waals surface area contributed by atoms with Gasteiger partial charge in [-0.3, -0.25) is 14.3 Å². The number of amides is 2. The quantitative estimate of drug-likeness (QED) is 0.850. The lowest BCUT2D eigenvalue weighted by atomic mass is 9.91. The van der Waals surface area contributed by atoms with Crippen LogP contribution in [-0.4, -0.2) is 39.6 Å². The first kappa shape index (κ1) is 13.1. The molecule has 20 heavy (non-hydrogen) atoms. The predicted molar refractivity (Wildman–Crippen MR) is 72.8 cm³/mol. The van der Waals surface area contributed by atoms with E-state index in [4.69, 9.17) is 0 Å². The zero-order valence-corrected chi connectivity index (χ0v) is 11.9. The molecule has 0 saturated carbocycles. The van der Waals surface area contributed by atoms with Crippen LogP contribution in [0, 0.1) is 5.92 Å². The van der Waals surface area contributed by atoms with Crippen LogP contribution >= 0.6 is 0 Å². The molecule has 6 heteroatoms. The van der Waals surface area contributed by atoms with Gasteiger partial charge in [0.1, 0.15) is 0 Å². The summed E-state index contributed by atoms with van der Waals surface area (Å²) < 4.78 is 1.82. The molecule has 3 rings (SSSR count). The summed E-state index contributed by atoms with van der Waals surface area (Å²) in [5.74, 6) is 0.0476. The molecule has 0 bridgehead atoms. The van der Waals surface area contributed by atoms with Crippen molar-refractivity contribution in [2.24, 2.45) is 13.0 Å². The van der Waals surface area contributed by atoms with E-state index in [2.05, 4.69) is 10.4 Å². The highest BCUT2D eigenvalue weighted by atomic mass is 16.2. The Balaban J connectivity index is 1.62. The minimum Gasteiger partial charge on any atom is -0.349 e. The zero-order valence-electron chi connectivity index (χ0n) is 11.9. The third-order valence-electron chi connectivity index (χ3n) is 4.23. The number of fused-ring (bicyclic) bond motifs is 1. The van der Waals surface area contributed by atoms with E-state index >= 15 is 0 Å². The molecule has 1 saturated heterocycles. The molecular formula is C14H20N4O2. The zero-order chi connectivity index (χ0) is 14.3. The summed E-state index contributed by atoms with van der Waals surface area (Å²) in [6.07, 6.45) is 5.01. The molecule has 0 aromatic carbocycles. The fourth-order valence-corrected chi connectivity index (χ4v) is 3.01. The van der Waals surface area contributed by atoms with E-state index in [-0.39, 0.29) is 23.8 Å². The number of likely N-dealkylation sites (tertiary alicyclic amines) is 1. The lowest BCUT2D eigenvalue weighted by Crippen LogP contribution is -2.55. The molecule has 1 aromatic rings. The molecule has 6 nitrogen and oxygen atoms in total. The van der Waals surface area contributed by atoms with E-state index in [0.717, 1.165) is 30.5 Å². The number of aryl methyl sites for hydroxylation is 2. The van der Waals surface area contributed by atoms with Crippen LogP contribution in [0.15, 0.2) is 6.20 Å². The monoisotopic (exact) mass is 276 g/mol. The van der Waals surface area contributed by atoms with E-state index in [9.17, 15) is 9.59 Å². The molecule has 0 radical (unpaired) electrons. The number of nitrogens with one attached hydrogen (secondary N) is 1. The van der Waals surface area contributed by atoms with Gasteiger partial charge in [0, 0.05) is 38.8 Å². The van der Waals surface area contributed by atoms with Gasteiger partial charge in [-0.15, -0.1) is 0 Å². The summed E-state index contributed by atoms with van der Waals surface area (Å²) in [7, 11) is 1.91. The van der Waals surface area contributed by atoms with Crippen molar-refractivity contribution in [1.29, 1.82) is 0 Å². The molecule has 1 atom stereocenters. The highest BCUT2D eigenvalue weighted by Crippen LogP contribution is 2.29. The van der Waals surface area contributed by atoms with Crippen LogP contribution in [0.5, 0.6) is 0 Å². The predicted octanol–water partition coefficient (Wildman–Crippen LogP) is 0.392. The molecular weight excluding hydrogens is 256 g/mol. The molecule has 2 heterocycles. The maximum Gasteiger partial charge on any atom is 0.227 e. The average molecular weight is 276 g/mol. The van der Waals surface area contributed by atoms with Crippen molar-refractivity contribution < 1.29 is 9.59 Å². The van der Waals surface area contributed by atoms with Crippen LogP contribution in [0.2, 0.25) is 0 Å². The number of rotatable bonds is 2. The third kappa shape index (κ3) is 2.30. The van der Waals surface area contributed by atoms with Crippen LogP contribution in [0.4, 0.5) is 0 Å². The van der Waals surface area contributed by atoms with Gasteiger partial charge in [0.25, 0.3) is 0 Å². The van der Waals surface area contributed by atoms with Gasteiger partial charge < -0.3 is 10.2 Å². The molecule has 1 N–H and O–H groups in total. The minimum absolute atomic E-state index is 0.0428. The molecule has 108 valence electrons. The molecule has 1 aromatic heterocycles. The van der Waals surface area contributed by atoms with Gasteiger partial charge >= 0.3 is 0 Å². The maximum absolute atomic E-state index is 12.2. The number of aromatic nitrogens is 2. The van der Waals surface area contributed by atoms with Crippen molar-refractivity contribution in [2.45, 2.75) is 32.2 Å². The van der Waals surface area contributed by atoms with Crippen LogP contribution < -0.4 is 5.32 Å². The Morgan fingerprint density at radius 1 is 1.40 bits per heavy atom. The Hall–Kier alpha value is -1.85. The second kappa shape index (κ2) is 4.92. The first-order valence-corrected chi connectivity index (χ1v) is 7.13. The fraction of sp³-hybridized carbons (Fsp3) is 0.643. The summed E-state index contributed by atoms with van der Waals surface area (Å²) in [4.78, 5) is 25.0. The van der Waals surface area contributed by atoms with Gasteiger partial charge in [-0.1, -0.05) is 0 Å². The van der Waals surface area contributed by atoms with Gasteiger partial charge in [0.2, 0.25) is 11.8 Å². The highest BCUT2D eigenvalue weighted by Gasteiger charge is 2.35. The largest absolute Gasteiger partial charge is 0.349 e. The standard InChI is InChI=1S/C14H20N4O2/c1-9(19)18-6-10(7-18)14(20)15-12-4-3-5-13-11(12)8-17(2)16-13/h8,10,12H,3-7H2,1-2H3,(H,15,20)/t12-/m0/s1.